The maximum absolute atomic E-state index is 12.4. The first-order valence-electron chi connectivity index (χ1n) is 2.54. The van der Waals surface area contributed by atoms with Crippen molar-refractivity contribution in [1.29, 1.82) is 0 Å². The first-order chi connectivity index (χ1) is 4.72. The van der Waals surface area contributed by atoms with Crippen molar-refractivity contribution in [2.75, 3.05) is 0 Å². The molecule has 0 aliphatic carbocycles. The van der Waals surface area contributed by atoms with Crippen molar-refractivity contribution >= 4 is 24.8 Å². The van der Waals surface area contributed by atoms with Crippen molar-refractivity contribution in [3.05, 3.63) is 29.8 Å². The van der Waals surface area contributed by atoms with Crippen LogP contribution >= 0.6 is 0 Å². The molecule has 0 spiro atoms. The number of hydrogen-bond donors (Lipinski definition) is 1. The predicted octanol–water partition coefficient (Wildman–Crippen LogP) is 0.538. The summed E-state index contributed by atoms with van der Waals surface area (Å²) in [5.41, 5.74) is -0.400. The minimum absolute atomic E-state index is 0. The van der Waals surface area contributed by atoms with Crippen LogP contribution in [0.1, 0.15) is 10.4 Å². The first-order valence-corrected chi connectivity index (χ1v) is 2.54. The van der Waals surface area contributed by atoms with Gasteiger partial charge in [0, 0.05) is 31.3 Å². The van der Waals surface area contributed by atoms with E-state index in [-0.39, 0.29) is 18.9 Å². The van der Waals surface area contributed by atoms with Gasteiger partial charge in [0.25, 0.3) is 0 Å². The maximum atomic E-state index is 12.4. The van der Waals surface area contributed by atoms with E-state index >= 15 is 0 Å². The Morgan fingerprint density at radius 2 is 2.27 bits per heavy atom. The molecule has 11 heavy (non-hydrogen) atoms. The Hall–Kier alpha value is -0.853. The van der Waals surface area contributed by atoms with Crippen LogP contribution in [0.3, 0.4) is 0 Å². The van der Waals surface area contributed by atoms with E-state index in [1.54, 1.807) is 0 Å². The van der Waals surface area contributed by atoms with Crippen LogP contribution in [0.25, 0.3) is 0 Å². The first kappa shape index (κ1) is 10.1. The van der Waals surface area contributed by atoms with Crippen molar-refractivity contribution in [1.82, 2.24) is 4.98 Å². The number of carbonyl (C=O) groups is 1. The van der Waals surface area contributed by atoms with Crippen molar-refractivity contribution in [2.45, 2.75) is 0 Å². The number of rotatable bonds is 1. The van der Waals surface area contributed by atoms with Crippen LogP contribution in [-0.4, -0.2) is 34.9 Å². The Kier molecular flexibility index (Phi) is 3.80. The molecule has 0 fully saturated rings. The average molecular weight is 148 g/mol. The van der Waals surface area contributed by atoms with Gasteiger partial charge in [-0.25, -0.2) is 9.18 Å². The molecule has 0 bridgehead atoms. The monoisotopic (exact) mass is 148 g/mol. The fourth-order valence-corrected chi connectivity index (χ4v) is 0.535. The van der Waals surface area contributed by atoms with Crippen LogP contribution in [0.5, 0.6) is 0 Å². The van der Waals surface area contributed by atoms with Crippen LogP contribution in [0, 0.1) is 5.82 Å². The molecule has 1 N–H and O–H groups in total. The second kappa shape index (κ2) is 4.11. The van der Waals surface area contributed by atoms with Gasteiger partial charge in [-0.1, -0.05) is 0 Å². The number of carboxylic acid groups (broad SMARTS) is 1. The molecule has 1 aromatic heterocycles. The van der Waals surface area contributed by atoms with Gasteiger partial charge in [0.15, 0.2) is 0 Å². The molecule has 53 valence electrons. The fraction of sp³-hybridized carbons (Fsp3) is 0. The van der Waals surface area contributed by atoms with Gasteiger partial charge in [0.1, 0.15) is 11.4 Å². The van der Waals surface area contributed by atoms with E-state index in [0.29, 0.717) is 0 Å². The van der Waals surface area contributed by atoms with Gasteiger partial charge in [0.2, 0.25) is 0 Å². The Balaban J connectivity index is 0.000001000. The molecule has 1 radical (unpaired) electrons. The van der Waals surface area contributed by atoms with Crippen LogP contribution in [0.4, 0.5) is 4.39 Å². The summed E-state index contributed by atoms with van der Waals surface area (Å²) in [5, 5.41) is 8.29. The molecule has 0 aliphatic heterocycles. The summed E-state index contributed by atoms with van der Waals surface area (Å²) in [6.45, 7) is 0. The van der Waals surface area contributed by atoms with Crippen molar-refractivity contribution in [2.24, 2.45) is 0 Å². The fourth-order valence-electron chi connectivity index (χ4n) is 0.535. The second-order valence-electron chi connectivity index (χ2n) is 1.66. The molecule has 0 aromatic carbocycles. The molecule has 0 amide bonds. The standard InChI is InChI=1S/C6H4FNO2.Li/c7-5-1-2-8-3-4(5)6(9)10;/h1-3H,(H,9,10);. The zero-order valence-corrected chi connectivity index (χ0v) is 5.91. The van der Waals surface area contributed by atoms with Gasteiger partial charge in [-0.05, 0) is 6.07 Å². The molecule has 5 heteroatoms. The normalized spacial score (nSPS) is 8.45. The molecule has 0 saturated heterocycles. The molecule has 0 unspecified atom stereocenters. The van der Waals surface area contributed by atoms with E-state index in [0.717, 1.165) is 12.3 Å². The SMILES string of the molecule is O=C(O)c1cnccc1F.[Li]. The smallest absolute Gasteiger partial charge is 0.340 e. The number of pyridine rings is 1. The predicted molar refractivity (Wildman–Crippen MR) is 36.9 cm³/mol. The van der Waals surface area contributed by atoms with Gasteiger partial charge in [-0.15, -0.1) is 0 Å². The largest absolute Gasteiger partial charge is 0.478 e. The van der Waals surface area contributed by atoms with E-state index < -0.39 is 17.3 Å². The van der Waals surface area contributed by atoms with Crippen LogP contribution < -0.4 is 0 Å². The average Bonchev–Trinajstić information content (AvgIpc) is 1.88. The molecule has 1 rings (SSSR count). The third kappa shape index (κ3) is 2.33. The van der Waals surface area contributed by atoms with Crippen LogP contribution in [0.2, 0.25) is 0 Å². The topological polar surface area (TPSA) is 50.2 Å². The maximum Gasteiger partial charge on any atom is 0.340 e. The summed E-state index contributed by atoms with van der Waals surface area (Å²) in [7, 11) is 0. The molecule has 0 saturated carbocycles. The summed E-state index contributed by atoms with van der Waals surface area (Å²) in [5.74, 6) is -2.06. The van der Waals surface area contributed by atoms with E-state index in [1.165, 1.54) is 6.20 Å². The van der Waals surface area contributed by atoms with Gasteiger partial charge in [0.05, 0.1) is 0 Å². The molecule has 1 heterocycles. The third-order valence-corrected chi connectivity index (χ3v) is 0.998. The van der Waals surface area contributed by atoms with Crippen molar-refractivity contribution < 1.29 is 14.3 Å². The molecule has 1 aromatic rings. The van der Waals surface area contributed by atoms with Gasteiger partial charge >= 0.3 is 5.97 Å². The van der Waals surface area contributed by atoms with Gasteiger partial charge < -0.3 is 5.11 Å². The number of aromatic carboxylic acids is 1. The summed E-state index contributed by atoms with van der Waals surface area (Å²) in [4.78, 5) is 13.6. The zero-order chi connectivity index (χ0) is 7.56. The number of halogens is 1. The number of aromatic nitrogens is 1. The Morgan fingerprint density at radius 3 is 2.64 bits per heavy atom. The van der Waals surface area contributed by atoms with Gasteiger partial charge in [-0.2, -0.15) is 0 Å². The summed E-state index contributed by atoms with van der Waals surface area (Å²) >= 11 is 0. The minimum Gasteiger partial charge on any atom is -0.478 e. The Morgan fingerprint density at radius 1 is 1.64 bits per heavy atom. The second-order valence-corrected chi connectivity index (χ2v) is 1.66. The molecule has 0 aliphatic rings. The molecular formula is C6H4FLiNO2. The minimum atomic E-state index is -1.30. The molecule has 0 atom stereocenters. The molecule has 3 nitrogen and oxygen atoms in total. The van der Waals surface area contributed by atoms with Gasteiger partial charge in [-0.3, -0.25) is 4.98 Å². The third-order valence-electron chi connectivity index (χ3n) is 0.998. The van der Waals surface area contributed by atoms with Crippen LogP contribution in [-0.2, 0) is 0 Å². The van der Waals surface area contributed by atoms with E-state index in [9.17, 15) is 9.18 Å². The van der Waals surface area contributed by atoms with Crippen molar-refractivity contribution in [3.8, 4) is 0 Å². The molecular weight excluding hydrogens is 144 g/mol. The summed E-state index contributed by atoms with van der Waals surface area (Å²) < 4.78 is 12.4. The van der Waals surface area contributed by atoms with Crippen molar-refractivity contribution in [3.63, 3.8) is 0 Å². The quantitative estimate of drug-likeness (QED) is 0.591. The Bertz CT molecular complexity index is 267. The number of hydrogen-bond acceptors (Lipinski definition) is 2. The number of carboxylic acids is 1. The van der Waals surface area contributed by atoms with E-state index in [2.05, 4.69) is 4.98 Å². The zero-order valence-electron chi connectivity index (χ0n) is 5.91. The Labute approximate surface area is 74.4 Å². The van der Waals surface area contributed by atoms with E-state index in [1.807, 2.05) is 0 Å². The summed E-state index contributed by atoms with van der Waals surface area (Å²) in [6.07, 6.45) is 2.17. The van der Waals surface area contributed by atoms with Crippen LogP contribution in [0.15, 0.2) is 18.5 Å². The summed E-state index contributed by atoms with van der Waals surface area (Å²) in [6, 6.07) is 1.00. The van der Waals surface area contributed by atoms with E-state index in [4.69, 9.17) is 5.11 Å². The number of nitrogens with zero attached hydrogens (tertiary/aromatic N) is 1.